The molecule has 1 heterocycles. The normalized spacial score (nSPS) is 11.2. The molecule has 0 saturated carbocycles. The average molecular weight is 277 g/mol. The molecule has 0 unspecified atom stereocenters. The minimum atomic E-state index is -0.530. The Labute approximate surface area is 115 Å². The second-order valence-corrected chi connectivity index (χ2v) is 4.28. The molecular formula is C14H15NO5. The van der Waals surface area contributed by atoms with Crippen molar-refractivity contribution in [2.24, 2.45) is 0 Å². The third kappa shape index (κ3) is 2.20. The number of nitrogens with zero attached hydrogens (tertiary/aromatic N) is 1. The molecule has 6 heteroatoms. The van der Waals surface area contributed by atoms with Gasteiger partial charge >= 0.3 is 0 Å². The van der Waals surface area contributed by atoms with Gasteiger partial charge in [-0.05, 0) is 13.8 Å². The van der Waals surface area contributed by atoms with Crippen LogP contribution in [0.1, 0.15) is 16.9 Å². The van der Waals surface area contributed by atoms with E-state index in [0.29, 0.717) is 22.6 Å². The summed E-state index contributed by atoms with van der Waals surface area (Å²) in [6, 6.07) is 1.70. The van der Waals surface area contributed by atoms with Crippen molar-refractivity contribution in [3.63, 3.8) is 0 Å². The van der Waals surface area contributed by atoms with Gasteiger partial charge in [0.2, 0.25) is 6.20 Å². The first-order valence-corrected chi connectivity index (χ1v) is 5.96. The number of benzene rings is 1. The summed E-state index contributed by atoms with van der Waals surface area (Å²) in [5.41, 5.74) is 1.99. The standard InChI is InChI=1S/C14H15NO5/c1-8-9(2)20-14-10(5-6-15(16)17)11(18-3)7-12(19-4)13(8)14/h5-7H,1-4H3. The van der Waals surface area contributed by atoms with Gasteiger partial charge in [0.1, 0.15) is 22.8 Å². The summed E-state index contributed by atoms with van der Waals surface area (Å²) < 4.78 is 16.3. The van der Waals surface area contributed by atoms with Gasteiger partial charge in [-0.3, -0.25) is 10.1 Å². The van der Waals surface area contributed by atoms with Crippen LogP contribution >= 0.6 is 0 Å². The Hall–Kier alpha value is -2.50. The van der Waals surface area contributed by atoms with Crippen LogP contribution in [-0.2, 0) is 0 Å². The average Bonchev–Trinajstić information content (AvgIpc) is 2.71. The van der Waals surface area contributed by atoms with Crippen LogP contribution < -0.4 is 9.47 Å². The molecule has 0 saturated heterocycles. The van der Waals surface area contributed by atoms with Crippen molar-refractivity contribution in [3.05, 3.63) is 39.3 Å². The Balaban J connectivity index is 2.84. The van der Waals surface area contributed by atoms with Gasteiger partial charge in [-0.1, -0.05) is 0 Å². The molecule has 20 heavy (non-hydrogen) atoms. The number of ether oxygens (including phenoxy) is 2. The van der Waals surface area contributed by atoms with Crippen molar-refractivity contribution in [3.8, 4) is 11.5 Å². The molecule has 106 valence electrons. The Kier molecular flexibility index (Phi) is 3.65. The predicted molar refractivity (Wildman–Crippen MR) is 74.8 cm³/mol. The molecule has 1 aromatic heterocycles. The predicted octanol–water partition coefficient (Wildman–Crippen LogP) is 3.31. The Morgan fingerprint density at radius 2 is 1.90 bits per heavy atom. The van der Waals surface area contributed by atoms with Crippen molar-refractivity contribution in [2.45, 2.75) is 13.8 Å². The van der Waals surface area contributed by atoms with E-state index in [1.165, 1.54) is 13.2 Å². The smallest absolute Gasteiger partial charge is 0.235 e. The molecule has 2 aromatic rings. The van der Waals surface area contributed by atoms with Crippen LogP contribution in [0.25, 0.3) is 17.0 Å². The highest BCUT2D eigenvalue weighted by atomic mass is 16.6. The van der Waals surface area contributed by atoms with Crippen LogP contribution in [-0.4, -0.2) is 19.1 Å². The lowest BCUT2D eigenvalue weighted by Gasteiger charge is -2.09. The summed E-state index contributed by atoms with van der Waals surface area (Å²) in [6.45, 7) is 3.75. The van der Waals surface area contributed by atoms with Gasteiger partial charge < -0.3 is 13.9 Å². The third-order valence-corrected chi connectivity index (χ3v) is 3.21. The molecular weight excluding hydrogens is 262 g/mol. The maximum Gasteiger partial charge on any atom is 0.235 e. The summed E-state index contributed by atoms with van der Waals surface area (Å²) in [4.78, 5) is 10.00. The zero-order chi connectivity index (χ0) is 14.9. The van der Waals surface area contributed by atoms with Crippen LogP contribution in [0.3, 0.4) is 0 Å². The van der Waals surface area contributed by atoms with Crippen LogP contribution in [0.2, 0.25) is 0 Å². The molecule has 0 amide bonds. The lowest BCUT2D eigenvalue weighted by molar-refractivity contribution is -0.400. The fourth-order valence-corrected chi connectivity index (χ4v) is 2.12. The van der Waals surface area contributed by atoms with Crippen molar-refractivity contribution in [2.75, 3.05) is 14.2 Å². The highest BCUT2D eigenvalue weighted by Crippen LogP contribution is 2.40. The minimum absolute atomic E-state index is 0.459. The molecule has 0 aliphatic heterocycles. The zero-order valence-electron chi connectivity index (χ0n) is 11.7. The van der Waals surface area contributed by atoms with E-state index in [2.05, 4.69) is 0 Å². The topological polar surface area (TPSA) is 74.7 Å². The first kappa shape index (κ1) is 13.9. The van der Waals surface area contributed by atoms with E-state index in [-0.39, 0.29) is 0 Å². The van der Waals surface area contributed by atoms with E-state index in [1.807, 2.05) is 13.8 Å². The Morgan fingerprint density at radius 3 is 2.45 bits per heavy atom. The van der Waals surface area contributed by atoms with Gasteiger partial charge in [0, 0.05) is 17.7 Å². The number of furan rings is 1. The summed E-state index contributed by atoms with van der Waals surface area (Å²) in [7, 11) is 3.05. The first-order chi connectivity index (χ1) is 9.49. The molecule has 6 nitrogen and oxygen atoms in total. The quantitative estimate of drug-likeness (QED) is 0.633. The largest absolute Gasteiger partial charge is 0.496 e. The third-order valence-electron chi connectivity index (χ3n) is 3.21. The van der Waals surface area contributed by atoms with Crippen LogP contribution in [0, 0.1) is 24.0 Å². The number of hydrogen-bond donors (Lipinski definition) is 0. The van der Waals surface area contributed by atoms with Crippen molar-refractivity contribution < 1.29 is 18.8 Å². The molecule has 2 rings (SSSR count). The van der Waals surface area contributed by atoms with E-state index >= 15 is 0 Å². The molecule has 0 spiro atoms. The van der Waals surface area contributed by atoms with Gasteiger partial charge in [-0.2, -0.15) is 0 Å². The molecule has 0 bridgehead atoms. The van der Waals surface area contributed by atoms with Crippen molar-refractivity contribution >= 4 is 17.0 Å². The second-order valence-electron chi connectivity index (χ2n) is 4.28. The molecule has 1 aromatic carbocycles. The summed E-state index contributed by atoms with van der Waals surface area (Å²) >= 11 is 0. The van der Waals surface area contributed by atoms with E-state index in [4.69, 9.17) is 13.9 Å². The number of fused-ring (bicyclic) bond motifs is 1. The van der Waals surface area contributed by atoms with Gasteiger partial charge in [-0.15, -0.1) is 0 Å². The van der Waals surface area contributed by atoms with Crippen LogP contribution in [0.4, 0.5) is 0 Å². The van der Waals surface area contributed by atoms with Gasteiger partial charge in [0.05, 0.1) is 30.1 Å². The zero-order valence-corrected chi connectivity index (χ0v) is 11.7. The number of methoxy groups -OCH3 is 2. The number of hydrogen-bond acceptors (Lipinski definition) is 5. The Bertz CT molecular complexity index is 699. The SMILES string of the molecule is COc1cc(OC)c2c(C)c(C)oc2c1C=C[N+](=O)[O-]. The highest BCUT2D eigenvalue weighted by molar-refractivity contribution is 5.96. The maximum atomic E-state index is 10.5. The minimum Gasteiger partial charge on any atom is -0.496 e. The molecule has 0 atom stereocenters. The van der Waals surface area contributed by atoms with E-state index in [0.717, 1.165) is 22.9 Å². The fourth-order valence-electron chi connectivity index (χ4n) is 2.12. The van der Waals surface area contributed by atoms with Crippen molar-refractivity contribution in [1.82, 2.24) is 0 Å². The fraction of sp³-hybridized carbons (Fsp3) is 0.286. The highest BCUT2D eigenvalue weighted by Gasteiger charge is 2.19. The maximum absolute atomic E-state index is 10.5. The monoisotopic (exact) mass is 277 g/mol. The summed E-state index contributed by atoms with van der Waals surface area (Å²) in [6.07, 6.45) is 2.22. The number of aryl methyl sites for hydroxylation is 2. The van der Waals surface area contributed by atoms with Gasteiger partial charge in [0.15, 0.2) is 0 Å². The molecule has 0 N–H and O–H groups in total. The summed E-state index contributed by atoms with van der Waals surface area (Å²) in [5.74, 6) is 1.81. The van der Waals surface area contributed by atoms with Gasteiger partial charge in [-0.25, -0.2) is 0 Å². The van der Waals surface area contributed by atoms with Crippen LogP contribution in [0.15, 0.2) is 16.7 Å². The Morgan fingerprint density at radius 1 is 1.25 bits per heavy atom. The molecule has 0 aliphatic rings. The molecule has 0 aliphatic carbocycles. The second kappa shape index (κ2) is 5.24. The lowest BCUT2D eigenvalue weighted by Crippen LogP contribution is -1.93. The van der Waals surface area contributed by atoms with Crippen molar-refractivity contribution in [1.29, 1.82) is 0 Å². The number of rotatable bonds is 4. The van der Waals surface area contributed by atoms with Gasteiger partial charge in [0.25, 0.3) is 0 Å². The summed E-state index contributed by atoms with van der Waals surface area (Å²) in [5, 5.41) is 11.3. The molecule has 0 fully saturated rings. The van der Waals surface area contributed by atoms with E-state index in [9.17, 15) is 10.1 Å². The van der Waals surface area contributed by atoms with Crippen LogP contribution in [0.5, 0.6) is 11.5 Å². The number of nitro groups is 1. The van der Waals surface area contributed by atoms with E-state index in [1.54, 1.807) is 13.2 Å². The van der Waals surface area contributed by atoms with E-state index < -0.39 is 4.92 Å². The first-order valence-electron chi connectivity index (χ1n) is 5.96. The molecule has 0 radical (unpaired) electrons. The lowest BCUT2D eigenvalue weighted by atomic mass is 10.1.